The van der Waals surface area contributed by atoms with E-state index < -0.39 is 0 Å². The molecule has 0 amide bonds. The van der Waals surface area contributed by atoms with Crippen LogP contribution in [-0.4, -0.2) is 10.2 Å². The van der Waals surface area contributed by atoms with Crippen molar-refractivity contribution in [2.75, 3.05) is 0 Å². The Morgan fingerprint density at radius 3 is 2.43 bits per heavy atom. The number of H-pyrrole nitrogens is 1. The smallest absolute Gasteiger partial charge is 0.115 e. The standard InChI is InChI=1S/C3H2Br2N2/c4-2-1-6-7-3(2)5/h1H,(H,6,7). The van der Waals surface area contributed by atoms with Gasteiger partial charge >= 0.3 is 0 Å². The lowest BCUT2D eigenvalue weighted by atomic mass is 10.8. The van der Waals surface area contributed by atoms with Gasteiger partial charge in [-0.2, -0.15) is 5.10 Å². The zero-order valence-electron chi connectivity index (χ0n) is 3.28. The normalized spacial score (nSPS) is 9.43. The molecule has 7 heavy (non-hydrogen) atoms. The Labute approximate surface area is 57.6 Å². The number of hydrogen-bond acceptors (Lipinski definition) is 1. The van der Waals surface area contributed by atoms with Crippen LogP contribution in [0.3, 0.4) is 0 Å². The molecule has 0 atom stereocenters. The van der Waals surface area contributed by atoms with Crippen LogP contribution in [0.25, 0.3) is 0 Å². The van der Waals surface area contributed by atoms with Crippen molar-refractivity contribution >= 4 is 31.9 Å². The molecule has 0 aliphatic carbocycles. The summed E-state index contributed by atoms with van der Waals surface area (Å²) in [5.74, 6) is 0. The average Bonchev–Trinajstić information content (AvgIpc) is 1.91. The molecule has 0 fully saturated rings. The average molecular weight is 226 g/mol. The molecule has 0 aromatic carbocycles. The van der Waals surface area contributed by atoms with Crippen LogP contribution in [0.2, 0.25) is 0 Å². The van der Waals surface area contributed by atoms with Crippen molar-refractivity contribution < 1.29 is 0 Å². The van der Waals surface area contributed by atoms with Crippen molar-refractivity contribution in [2.45, 2.75) is 0 Å². The molecule has 1 heterocycles. The largest absolute Gasteiger partial charge is 0.270 e. The van der Waals surface area contributed by atoms with Crippen LogP contribution < -0.4 is 0 Å². The van der Waals surface area contributed by atoms with Crippen LogP contribution in [0.1, 0.15) is 0 Å². The van der Waals surface area contributed by atoms with Gasteiger partial charge in [0.15, 0.2) is 0 Å². The van der Waals surface area contributed by atoms with Gasteiger partial charge in [0, 0.05) is 0 Å². The van der Waals surface area contributed by atoms with Gasteiger partial charge in [-0.1, -0.05) is 0 Å². The van der Waals surface area contributed by atoms with Gasteiger partial charge < -0.3 is 0 Å². The van der Waals surface area contributed by atoms with Gasteiger partial charge in [-0.15, -0.1) is 0 Å². The van der Waals surface area contributed by atoms with Gasteiger partial charge in [-0.25, -0.2) is 0 Å². The van der Waals surface area contributed by atoms with E-state index in [0.29, 0.717) is 0 Å². The number of hydrogen-bond donors (Lipinski definition) is 1. The molecule has 0 bridgehead atoms. The summed E-state index contributed by atoms with van der Waals surface area (Å²) in [4.78, 5) is 0. The Morgan fingerprint density at radius 2 is 2.29 bits per heavy atom. The van der Waals surface area contributed by atoms with Crippen molar-refractivity contribution in [3.8, 4) is 0 Å². The third kappa shape index (κ3) is 1.04. The zero-order chi connectivity index (χ0) is 5.28. The van der Waals surface area contributed by atoms with Crippen LogP contribution >= 0.6 is 31.9 Å². The third-order valence-electron chi connectivity index (χ3n) is 0.550. The number of halogens is 2. The van der Waals surface area contributed by atoms with E-state index in [-0.39, 0.29) is 0 Å². The first-order valence-corrected chi connectivity index (χ1v) is 3.23. The molecule has 0 radical (unpaired) electrons. The Morgan fingerprint density at radius 1 is 1.57 bits per heavy atom. The first kappa shape index (κ1) is 5.31. The lowest BCUT2D eigenvalue weighted by molar-refractivity contribution is 1.07. The van der Waals surface area contributed by atoms with Gasteiger partial charge in [0.05, 0.1) is 10.7 Å². The molecule has 1 aromatic heterocycles. The SMILES string of the molecule is Brc1cn[nH]c1Br. The van der Waals surface area contributed by atoms with E-state index in [1.54, 1.807) is 6.20 Å². The summed E-state index contributed by atoms with van der Waals surface area (Å²) in [7, 11) is 0. The highest BCUT2D eigenvalue weighted by atomic mass is 79.9. The molecule has 0 aliphatic heterocycles. The third-order valence-corrected chi connectivity index (χ3v) is 2.29. The van der Waals surface area contributed by atoms with Crippen LogP contribution in [0.4, 0.5) is 0 Å². The molecular formula is C3H2Br2N2. The molecule has 0 spiro atoms. The molecule has 1 N–H and O–H groups in total. The lowest BCUT2D eigenvalue weighted by Gasteiger charge is -1.73. The fourth-order valence-corrected chi connectivity index (χ4v) is 0.651. The van der Waals surface area contributed by atoms with Gasteiger partial charge in [0.25, 0.3) is 0 Å². The van der Waals surface area contributed by atoms with Crippen LogP contribution in [0, 0.1) is 0 Å². The molecule has 4 heteroatoms. The fraction of sp³-hybridized carbons (Fsp3) is 0. The Bertz CT molecular complexity index is 143. The monoisotopic (exact) mass is 224 g/mol. The van der Waals surface area contributed by atoms with Crippen LogP contribution in [0.5, 0.6) is 0 Å². The number of aromatic nitrogens is 2. The number of nitrogens with one attached hydrogen (secondary N) is 1. The Kier molecular flexibility index (Phi) is 1.49. The summed E-state index contributed by atoms with van der Waals surface area (Å²) in [6.45, 7) is 0. The minimum Gasteiger partial charge on any atom is -0.270 e. The van der Waals surface area contributed by atoms with Crippen LogP contribution in [-0.2, 0) is 0 Å². The molecule has 0 aliphatic rings. The summed E-state index contributed by atoms with van der Waals surface area (Å²) in [6, 6.07) is 0. The zero-order valence-corrected chi connectivity index (χ0v) is 6.45. The van der Waals surface area contributed by atoms with E-state index in [1.165, 1.54) is 0 Å². The van der Waals surface area contributed by atoms with Crippen molar-refractivity contribution in [3.05, 3.63) is 15.3 Å². The molecule has 0 saturated heterocycles. The predicted molar refractivity (Wildman–Crippen MR) is 34.0 cm³/mol. The van der Waals surface area contributed by atoms with E-state index in [2.05, 4.69) is 42.1 Å². The molecule has 0 saturated carbocycles. The van der Waals surface area contributed by atoms with E-state index in [9.17, 15) is 0 Å². The van der Waals surface area contributed by atoms with E-state index in [1.807, 2.05) is 0 Å². The maximum atomic E-state index is 3.70. The molecule has 2 nitrogen and oxygen atoms in total. The number of nitrogens with zero attached hydrogens (tertiary/aromatic N) is 1. The van der Waals surface area contributed by atoms with E-state index in [0.717, 1.165) is 9.08 Å². The highest BCUT2D eigenvalue weighted by Gasteiger charge is 1.91. The second-order valence-electron chi connectivity index (χ2n) is 1.03. The topological polar surface area (TPSA) is 28.7 Å². The summed E-state index contributed by atoms with van der Waals surface area (Å²) >= 11 is 6.42. The molecule has 1 rings (SSSR count). The Hall–Kier alpha value is 0.170. The van der Waals surface area contributed by atoms with Gasteiger partial charge in [-0.3, -0.25) is 5.10 Å². The second-order valence-corrected chi connectivity index (χ2v) is 2.68. The highest BCUT2D eigenvalue weighted by molar-refractivity contribution is 9.13. The minimum absolute atomic E-state index is 0.882. The number of aromatic amines is 1. The summed E-state index contributed by atoms with van der Waals surface area (Å²) < 4.78 is 1.83. The van der Waals surface area contributed by atoms with Crippen molar-refractivity contribution in [1.29, 1.82) is 0 Å². The summed E-state index contributed by atoms with van der Waals surface area (Å²) in [5.41, 5.74) is 0. The van der Waals surface area contributed by atoms with E-state index in [4.69, 9.17) is 0 Å². The fourth-order valence-electron chi connectivity index (χ4n) is 0.256. The van der Waals surface area contributed by atoms with Crippen molar-refractivity contribution in [1.82, 2.24) is 10.2 Å². The molecule has 38 valence electrons. The maximum Gasteiger partial charge on any atom is 0.115 e. The van der Waals surface area contributed by atoms with E-state index >= 15 is 0 Å². The molecular weight excluding hydrogens is 224 g/mol. The minimum atomic E-state index is 0.882. The predicted octanol–water partition coefficient (Wildman–Crippen LogP) is 1.93. The second kappa shape index (κ2) is 1.96. The summed E-state index contributed by atoms with van der Waals surface area (Å²) in [5, 5.41) is 6.39. The summed E-state index contributed by atoms with van der Waals surface area (Å²) in [6.07, 6.45) is 1.68. The molecule has 0 unspecified atom stereocenters. The van der Waals surface area contributed by atoms with Gasteiger partial charge in [0.2, 0.25) is 0 Å². The van der Waals surface area contributed by atoms with Crippen molar-refractivity contribution in [3.63, 3.8) is 0 Å². The lowest BCUT2D eigenvalue weighted by Crippen LogP contribution is -1.60. The van der Waals surface area contributed by atoms with Gasteiger partial charge in [-0.05, 0) is 31.9 Å². The quantitative estimate of drug-likeness (QED) is 0.719. The first-order chi connectivity index (χ1) is 3.30. The maximum absolute atomic E-state index is 3.70. The highest BCUT2D eigenvalue weighted by Crippen LogP contribution is 2.17. The van der Waals surface area contributed by atoms with Gasteiger partial charge in [0.1, 0.15) is 4.60 Å². The molecule has 1 aromatic rings. The number of rotatable bonds is 0. The Balaban J connectivity index is 3.12. The van der Waals surface area contributed by atoms with Crippen molar-refractivity contribution in [2.24, 2.45) is 0 Å². The first-order valence-electron chi connectivity index (χ1n) is 1.65. The van der Waals surface area contributed by atoms with Crippen LogP contribution in [0.15, 0.2) is 15.3 Å².